The molecule has 0 atom stereocenters. The van der Waals surface area contributed by atoms with Crippen molar-refractivity contribution in [2.75, 3.05) is 5.32 Å². The standard InChI is InChI=1S/C15H14ClN3S/c1-11-5-8-20-15(11)10-17-13-9-12(16)3-4-14(13)19-7-2-6-18-19/h2-9,17H,10H2,1H3. The molecular weight excluding hydrogens is 290 g/mol. The fraction of sp³-hybridized carbons (Fsp3) is 0.133. The first kappa shape index (κ1) is 13.2. The zero-order chi connectivity index (χ0) is 13.9. The number of halogens is 1. The van der Waals surface area contributed by atoms with Crippen molar-refractivity contribution >= 4 is 28.6 Å². The molecule has 0 radical (unpaired) electrons. The zero-order valence-corrected chi connectivity index (χ0v) is 12.6. The Balaban J connectivity index is 1.88. The molecule has 0 unspecified atom stereocenters. The molecule has 0 saturated carbocycles. The van der Waals surface area contributed by atoms with Gasteiger partial charge in [0, 0.05) is 28.8 Å². The maximum atomic E-state index is 6.10. The molecule has 0 saturated heterocycles. The van der Waals surface area contributed by atoms with Crippen molar-refractivity contribution in [1.82, 2.24) is 9.78 Å². The van der Waals surface area contributed by atoms with Crippen molar-refractivity contribution in [1.29, 1.82) is 0 Å². The average molecular weight is 304 g/mol. The Bertz CT molecular complexity index is 704. The molecule has 0 fully saturated rings. The van der Waals surface area contributed by atoms with Gasteiger partial charge in [-0.05, 0) is 48.2 Å². The monoisotopic (exact) mass is 303 g/mol. The van der Waals surface area contributed by atoms with Crippen LogP contribution in [0.1, 0.15) is 10.4 Å². The second-order valence-electron chi connectivity index (χ2n) is 4.49. The Morgan fingerprint density at radius 2 is 2.25 bits per heavy atom. The van der Waals surface area contributed by atoms with Crippen LogP contribution in [0.2, 0.25) is 5.02 Å². The number of benzene rings is 1. The highest BCUT2D eigenvalue weighted by atomic mass is 35.5. The van der Waals surface area contributed by atoms with Gasteiger partial charge in [0.05, 0.1) is 11.4 Å². The van der Waals surface area contributed by atoms with Crippen molar-refractivity contribution in [3.63, 3.8) is 0 Å². The lowest BCUT2D eigenvalue weighted by Gasteiger charge is -2.12. The Morgan fingerprint density at radius 3 is 2.95 bits per heavy atom. The third-order valence-corrected chi connectivity index (χ3v) is 4.38. The third kappa shape index (κ3) is 2.71. The third-order valence-electron chi connectivity index (χ3n) is 3.12. The predicted molar refractivity (Wildman–Crippen MR) is 85.0 cm³/mol. The van der Waals surface area contributed by atoms with Gasteiger partial charge in [-0.1, -0.05) is 11.6 Å². The summed E-state index contributed by atoms with van der Waals surface area (Å²) in [5, 5.41) is 10.6. The van der Waals surface area contributed by atoms with Gasteiger partial charge in [0.1, 0.15) is 0 Å². The van der Waals surface area contributed by atoms with Gasteiger partial charge in [-0.25, -0.2) is 4.68 Å². The van der Waals surface area contributed by atoms with Crippen LogP contribution in [0.15, 0.2) is 48.1 Å². The SMILES string of the molecule is Cc1ccsc1CNc1cc(Cl)ccc1-n1cccn1. The van der Waals surface area contributed by atoms with E-state index in [-0.39, 0.29) is 0 Å². The van der Waals surface area contributed by atoms with Crippen LogP contribution in [-0.2, 0) is 6.54 Å². The van der Waals surface area contributed by atoms with Gasteiger partial charge in [-0.2, -0.15) is 5.10 Å². The Labute approximate surface area is 126 Å². The number of rotatable bonds is 4. The van der Waals surface area contributed by atoms with Crippen LogP contribution in [0.25, 0.3) is 5.69 Å². The first-order valence-corrected chi connectivity index (χ1v) is 7.56. The molecule has 0 aliphatic carbocycles. The highest BCUT2D eigenvalue weighted by molar-refractivity contribution is 7.10. The van der Waals surface area contributed by atoms with E-state index in [0.717, 1.165) is 17.9 Å². The summed E-state index contributed by atoms with van der Waals surface area (Å²) in [6.45, 7) is 2.91. The van der Waals surface area contributed by atoms with Crippen molar-refractivity contribution in [3.8, 4) is 5.69 Å². The molecule has 3 rings (SSSR count). The predicted octanol–water partition coefficient (Wildman–Crippen LogP) is 4.51. The average Bonchev–Trinajstić information content (AvgIpc) is 3.08. The van der Waals surface area contributed by atoms with Crippen LogP contribution in [0, 0.1) is 6.92 Å². The van der Waals surface area contributed by atoms with Gasteiger partial charge in [-0.3, -0.25) is 0 Å². The quantitative estimate of drug-likeness (QED) is 0.768. The molecule has 0 spiro atoms. The van der Waals surface area contributed by atoms with Crippen LogP contribution in [-0.4, -0.2) is 9.78 Å². The molecular formula is C15H14ClN3S. The van der Waals surface area contributed by atoms with Gasteiger partial charge in [0.2, 0.25) is 0 Å². The first-order valence-electron chi connectivity index (χ1n) is 6.30. The molecule has 3 nitrogen and oxygen atoms in total. The van der Waals surface area contributed by atoms with E-state index >= 15 is 0 Å². The maximum Gasteiger partial charge on any atom is 0.0877 e. The lowest BCUT2D eigenvalue weighted by Crippen LogP contribution is -2.04. The van der Waals surface area contributed by atoms with E-state index in [1.54, 1.807) is 17.5 Å². The smallest absolute Gasteiger partial charge is 0.0877 e. The summed E-state index contributed by atoms with van der Waals surface area (Å²) in [7, 11) is 0. The molecule has 2 heterocycles. The van der Waals surface area contributed by atoms with Crippen LogP contribution in [0.3, 0.4) is 0 Å². The van der Waals surface area contributed by atoms with Crippen LogP contribution < -0.4 is 5.32 Å². The number of hydrogen-bond donors (Lipinski definition) is 1. The fourth-order valence-corrected chi connectivity index (χ4v) is 3.04. The maximum absolute atomic E-state index is 6.10. The van der Waals surface area contributed by atoms with Crippen molar-refractivity contribution in [2.24, 2.45) is 0 Å². The number of nitrogens with one attached hydrogen (secondary N) is 1. The Kier molecular flexibility index (Phi) is 3.76. The summed E-state index contributed by atoms with van der Waals surface area (Å²) in [6, 6.07) is 9.82. The fourth-order valence-electron chi connectivity index (χ4n) is 2.02. The second kappa shape index (κ2) is 5.69. The molecule has 0 aliphatic heterocycles. The minimum atomic E-state index is 0.714. The van der Waals surface area contributed by atoms with E-state index in [4.69, 9.17) is 11.6 Å². The van der Waals surface area contributed by atoms with E-state index < -0.39 is 0 Å². The molecule has 5 heteroatoms. The Morgan fingerprint density at radius 1 is 1.35 bits per heavy atom. The van der Waals surface area contributed by atoms with Crippen molar-refractivity contribution in [2.45, 2.75) is 13.5 Å². The minimum Gasteiger partial charge on any atom is -0.378 e. The van der Waals surface area contributed by atoms with E-state index in [0.29, 0.717) is 5.02 Å². The summed E-state index contributed by atoms with van der Waals surface area (Å²) >= 11 is 7.86. The Hall–Kier alpha value is -1.78. The minimum absolute atomic E-state index is 0.714. The van der Waals surface area contributed by atoms with E-state index in [9.17, 15) is 0 Å². The van der Waals surface area contributed by atoms with Crippen LogP contribution >= 0.6 is 22.9 Å². The molecule has 1 N–H and O–H groups in total. The van der Waals surface area contributed by atoms with Gasteiger partial charge >= 0.3 is 0 Å². The molecule has 20 heavy (non-hydrogen) atoms. The molecule has 3 aromatic rings. The number of thiophene rings is 1. The van der Waals surface area contributed by atoms with E-state index in [1.165, 1.54) is 10.4 Å². The number of nitrogens with zero attached hydrogens (tertiary/aromatic N) is 2. The molecule has 1 aromatic carbocycles. The number of hydrogen-bond acceptors (Lipinski definition) is 3. The van der Waals surface area contributed by atoms with Crippen molar-refractivity contribution in [3.05, 3.63) is 63.6 Å². The van der Waals surface area contributed by atoms with Crippen molar-refractivity contribution < 1.29 is 0 Å². The zero-order valence-electron chi connectivity index (χ0n) is 11.0. The number of aryl methyl sites for hydroxylation is 1. The van der Waals surface area contributed by atoms with E-state index in [1.807, 2.05) is 35.1 Å². The van der Waals surface area contributed by atoms with Gasteiger partial charge < -0.3 is 5.32 Å². The molecule has 0 bridgehead atoms. The summed E-state index contributed by atoms with van der Waals surface area (Å²) in [6.07, 6.45) is 3.69. The lowest BCUT2D eigenvalue weighted by molar-refractivity contribution is 0.879. The first-order chi connectivity index (χ1) is 9.74. The largest absolute Gasteiger partial charge is 0.378 e. The molecule has 2 aromatic heterocycles. The van der Waals surface area contributed by atoms with Gasteiger partial charge in [0.15, 0.2) is 0 Å². The number of anilines is 1. The topological polar surface area (TPSA) is 29.9 Å². The highest BCUT2D eigenvalue weighted by Crippen LogP contribution is 2.25. The second-order valence-corrected chi connectivity index (χ2v) is 5.93. The van der Waals surface area contributed by atoms with E-state index in [2.05, 4.69) is 28.8 Å². The van der Waals surface area contributed by atoms with Gasteiger partial charge in [-0.15, -0.1) is 11.3 Å². The summed E-state index contributed by atoms with van der Waals surface area (Å²) in [5.74, 6) is 0. The van der Waals surface area contributed by atoms with Crippen LogP contribution in [0.5, 0.6) is 0 Å². The molecule has 0 aliphatic rings. The lowest BCUT2D eigenvalue weighted by atomic mass is 10.2. The summed E-state index contributed by atoms with van der Waals surface area (Å²) < 4.78 is 1.83. The normalized spacial score (nSPS) is 10.7. The van der Waals surface area contributed by atoms with Crippen LogP contribution in [0.4, 0.5) is 5.69 Å². The van der Waals surface area contributed by atoms with Gasteiger partial charge in [0.25, 0.3) is 0 Å². The highest BCUT2D eigenvalue weighted by Gasteiger charge is 2.07. The molecule has 102 valence electrons. The summed E-state index contributed by atoms with van der Waals surface area (Å²) in [4.78, 5) is 1.33. The summed E-state index contributed by atoms with van der Waals surface area (Å²) in [5.41, 5.74) is 3.28. The number of aromatic nitrogens is 2. The molecule has 0 amide bonds.